The summed E-state index contributed by atoms with van der Waals surface area (Å²) >= 11 is 0. The van der Waals surface area contributed by atoms with E-state index in [-0.39, 0.29) is 5.91 Å². The van der Waals surface area contributed by atoms with Crippen LogP contribution in [0.3, 0.4) is 0 Å². The van der Waals surface area contributed by atoms with Crippen molar-refractivity contribution in [2.75, 3.05) is 44.3 Å². The number of piperidine rings is 1. The number of pyridine rings is 1. The Labute approximate surface area is 149 Å². The van der Waals surface area contributed by atoms with Gasteiger partial charge in [-0.15, -0.1) is 0 Å². The molecular weight excluding hydrogens is 316 g/mol. The van der Waals surface area contributed by atoms with E-state index in [9.17, 15) is 10.1 Å². The number of nitriles is 1. The molecule has 1 aromatic rings. The highest BCUT2D eigenvalue weighted by atomic mass is 16.5. The van der Waals surface area contributed by atoms with E-state index in [0.717, 1.165) is 56.1 Å². The summed E-state index contributed by atoms with van der Waals surface area (Å²) in [6.07, 6.45) is 2.56. The highest BCUT2D eigenvalue weighted by molar-refractivity contribution is 5.76. The lowest BCUT2D eigenvalue weighted by molar-refractivity contribution is -0.136. The minimum atomic E-state index is 0.254. The van der Waals surface area contributed by atoms with Crippen LogP contribution in [-0.2, 0) is 9.53 Å². The molecule has 0 radical (unpaired) electrons. The fourth-order valence-electron chi connectivity index (χ4n) is 3.72. The number of nitrogens with zero attached hydrogens (tertiary/aromatic N) is 4. The highest BCUT2D eigenvalue weighted by Crippen LogP contribution is 2.28. The molecule has 25 heavy (non-hydrogen) atoms. The van der Waals surface area contributed by atoms with Gasteiger partial charge in [0.15, 0.2) is 0 Å². The summed E-state index contributed by atoms with van der Waals surface area (Å²) in [6, 6.07) is 4.25. The van der Waals surface area contributed by atoms with Gasteiger partial charge >= 0.3 is 0 Å². The van der Waals surface area contributed by atoms with Gasteiger partial charge in [-0.3, -0.25) is 4.79 Å². The quantitative estimate of drug-likeness (QED) is 0.841. The Bertz CT molecular complexity index is 669. The Morgan fingerprint density at radius 3 is 2.60 bits per heavy atom. The third-order valence-electron chi connectivity index (χ3n) is 5.18. The molecule has 1 aromatic heterocycles. The standard InChI is InChI=1S/C19H26N4O2/c1-14-11-15(2)21-19(17(14)13-20)23-5-3-16(4-6-23)12-18(24)22-7-9-25-10-8-22/h11,16H,3-10,12H2,1-2H3. The van der Waals surface area contributed by atoms with Crippen molar-refractivity contribution in [1.82, 2.24) is 9.88 Å². The van der Waals surface area contributed by atoms with E-state index in [1.54, 1.807) is 0 Å². The van der Waals surface area contributed by atoms with Gasteiger partial charge in [-0.05, 0) is 44.2 Å². The highest BCUT2D eigenvalue weighted by Gasteiger charge is 2.26. The van der Waals surface area contributed by atoms with Crippen molar-refractivity contribution >= 4 is 11.7 Å². The van der Waals surface area contributed by atoms with E-state index < -0.39 is 0 Å². The Morgan fingerprint density at radius 2 is 1.96 bits per heavy atom. The van der Waals surface area contributed by atoms with Crippen molar-refractivity contribution in [3.05, 3.63) is 22.9 Å². The van der Waals surface area contributed by atoms with Crippen LogP contribution in [0.1, 0.15) is 36.1 Å². The summed E-state index contributed by atoms with van der Waals surface area (Å²) in [6.45, 7) is 8.37. The Kier molecular flexibility index (Phi) is 5.54. The van der Waals surface area contributed by atoms with Crippen LogP contribution in [0.25, 0.3) is 0 Å². The lowest BCUT2D eigenvalue weighted by Crippen LogP contribution is -2.42. The monoisotopic (exact) mass is 342 g/mol. The van der Waals surface area contributed by atoms with Crippen LogP contribution in [0, 0.1) is 31.1 Å². The average Bonchev–Trinajstić information content (AvgIpc) is 2.62. The van der Waals surface area contributed by atoms with Crippen LogP contribution < -0.4 is 4.90 Å². The number of rotatable bonds is 3. The number of carbonyl (C=O) groups is 1. The molecule has 3 rings (SSSR count). The average molecular weight is 342 g/mol. The van der Waals surface area contributed by atoms with Gasteiger partial charge in [0.25, 0.3) is 0 Å². The van der Waals surface area contributed by atoms with Crippen molar-refractivity contribution < 1.29 is 9.53 Å². The smallest absolute Gasteiger partial charge is 0.223 e. The first-order chi connectivity index (χ1) is 12.1. The van der Waals surface area contributed by atoms with Gasteiger partial charge in [0.1, 0.15) is 11.9 Å². The number of aryl methyl sites for hydroxylation is 2. The molecule has 2 aliphatic heterocycles. The molecule has 0 N–H and O–H groups in total. The zero-order valence-electron chi connectivity index (χ0n) is 15.1. The van der Waals surface area contributed by atoms with E-state index in [4.69, 9.17) is 4.74 Å². The third-order valence-corrected chi connectivity index (χ3v) is 5.18. The maximum absolute atomic E-state index is 12.4. The summed E-state index contributed by atoms with van der Waals surface area (Å²) in [5.74, 6) is 1.48. The van der Waals surface area contributed by atoms with Crippen LogP contribution in [-0.4, -0.2) is 55.2 Å². The van der Waals surface area contributed by atoms with Crippen LogP contribution in [0.4, 0.5) is 5.82 Å². The van der Waals surface area contributed by atoms with Gasteiger partial charge in [-0.1, -0.05) is 0 Å². The maximum Gasteiger partial charge on any atom is 0.223 e. The molecule has 0 bridgehead atoms. The number of carbonyl (C=O) groups excluding carboxylic acids is 1. The molecule has 0 unspecified atom stereocenters. The minimum Gasteiger partial charge on any atom is -0.378 e. The summed E-state index contributed by atoms with van der Waals surface area (Å²) in [5, 5.41) is 9.46. The molecule has 0 aromatic carbocycles. The second-order valence-corrected chi connectivity index (χ2v) is 7.02. The van der Waals surface area contributed by atoms with E-state index in [0.29, 0.717) is 31.1 Å². The molecule has 2 fully saturated rings. The number of amides is 1. The van der Waals surface area contributed by atoms with Crippen molar-refractivity contribution in [1.29, 1.82) is 5.26 Å². The summed E-state index contributed by atoms with van der Waals surface area (Å²) < 4.78 is 5.31. The molecule has 0 atom stereocenters. The molecule has 1 amide bonds. The molecule has 134 valence electrons. The number of ether oxygens (including phenoxy) is 1. The van der Waals surface area contributed by atoms with Crippen molar-refractivity contribution in [2.45, 2.75) is 33.1 Å². The first kappa shape index (κ1) is 17.7. The lowest BCUT2D eigenvalue weighted by atomic mass is 9.92. The van der Waals surface area contributed by atoms with Gasteiger partial charge in [-0.25, -0.2) is 4.98 Å². The molecule has 0 spiro atoms. The van der Waals surface area contributed by atoms with Crippen molar-refractivity contribution in [2.24, 2.45) is 5.92 Å². The van der Waals surface area contributed by atoms with Crippen molar-refractivity contribution in [3.63, 3.8) is 0 Å². The molecular formula is C19H26N4O2. The summed E-state index contributed by atoms with van der Waals surface area (Å²) in [7, 11) is 0. The number of hydrogen-bond donors (Lipinski definition) is 0. The third kappa shape index (κ3) is 4.10. The van der Waals surface area contributed by atoms with Gasteiger partial charge in [0, 0.05) is 38.3 Å². The SMILES string of the molecule is Cc1cc(C)c(C#N)c(N2CCC(CC(=O)N3CCOCC3)CC2)n1. The second-order valence-electron chi connectivity index (χ2n) is 7.02. The zero-order chi connectivity index (χ0) is 17.8. The van der Waals surface area contributed by atoms with Crippen LogP contribution in [0.2, 0.25) is 0 Å². The van der Waals surface area contributed by atoms with Crippen LogP contribution >= 0.6 is 0 Å². The number of hydrogen-bond acceptors (Lipinski definition) is 5. The van der Waals surface area contributed by atoms with E-state index in [2.05, 4.69) is 16.0 Å². The molecule has 2 saturated heterocycles. The zero-order valence-corrected chi connectivity index (χ0v) is 15.1. The van der Waals surface area contributed by atoms with E-state index >= 15 is 0 Å². The Morgan fingerprint density at radius 1 is 1.28 bits per heavy atom. The molecule has 0 aliphatic carbocycles. The van der Waals surface area contributed by atoms with Crippen LogP contribution in [0.15, 0.2) is 6.07 Å². The largest absolute Gasteiger partial charge is 0.378 e. The van der Waals surface area contributed by atoms with Gasteiger partial charge in [0.05, 0.1) is 18.8 Å². The predicted molar refractivity (Wildman–Crippen MR) is 95.4 cm³/mol. The predicted octanol–water partition coefficient (Wildman–Crippen LogP) is 2.04. The normalized spacial score (nSPS) is 18.9. The van der Waals surface area contributed by atoms with E-state index in [1.165, 1.54) is 0 Å². The Hall–Kier alpha value is -2.13. The number of anilines is 1. The molecule has 2 aliphatic rings. The number of aromatic nitrogens is 1. The van der Waals surface area contributed by atoms with E-state index in [1.807, 2.05) is 24.8 Å². The van der Waals surface area contributed by atoms with Gasteiger partial charge < -0.3 is 14.5 Å². The molecule has 3 heterocycles. The van der Waals surface area contributed by atoms with Gasteiger partial charge in [0.2, 0.25) is 5.91 Å². The summed E-state index contributed by atoms with van der Waals surface area (Å²) in [5.41, 5.74) is 2.60. The van der Waals surface area contributed by atoms with Crippen LogP contribution in [0.5, 0.6) is 0 Å². The summed E-state index contributed by atoms with van der Waals surface area (Å²) in [4.78, 5) is 21.1. The fourth-order valence-corrected chi connectivity index (χ4v) is 3.72. The molecule has 0 saturated carbocycles. The Balaban J connectivity index is 1.59. The first-order valence-corrected chi connectivity index (χ1v) is 9.07. The topological polar surface area (TPSA) is 69.5 Å². The maximum atomic E-state index is 12.4. The first-order valence-electron chi connectivity index (χ1n) is 9.07. The molecule has 6 nitrogen and oxygen atoms in total. The molecule has 6 heteroatoms. The lowest BCUT2D eigenvalue weighted by Gasteiger charge is -2.34. The van der Waals surface area contributed by atoms with Gasteiger partial charge in [-0.2, -0.15) is 5.26 Å². The minimum absolute atomic E-state index is 0.254. The fraction of sp³-hybridized carbons (Fsp3) is 0.632. The van der Waals surface area contributed by atoms with Crippen molar-refractivity contribution in [3.8, 4) is 6.07 Å². The second kappa shape index (κ2) is 7.83. The number of morpholine rings is 1.